The van der Waals surface area contributed by atoms with E-state index in [2.05, 4.69) is 39.0 Å². The van der Waals surface area contributed by atoms with E-state index in [0.29, 0.717) is 0 Å². The lowest BCUT2D eigenvalue weighted by Gasteiger charge is -2.39. The van der Waals surface area contributed by atoms with Gasteiger partial charge in [0.2, 0.25) is 0 Å². The van der Waals surface area contributed by atoms with Crippen molar-refractivity contribution in [3.8, 4) is 0 Å². The summed E-state index contributed by atoms with van der Waals surface area (Å²) in [7, 11) is 0. The van der Waals surface area contributed by atoms with E-state index in [0.717, 1.165) is 6.42 Å². The maximum Gasteiger partial charge on any atom is 0.0688 e. The molecule has 0 aliphatic heterocycles. The Morgan fingerprint density at radius 2 is 1.75 bits per heavy atom. The van der Waals surface area contributed by atoms with E-state index in [9.17, 15) is 0 Å². The number of rotatable bonds is 2. The first kappa shape index (κ1) is 9.85. The highest BCUT2D eigenvalue weighted by Gasteiger charge is 2.39. The summed E-state index contributed by atoms with van der Waals surface area (Å²) in [5, 5.41) is 0. The van der Waals surface area contributed by atoms with E-state index in [1.165, 1.54) is 6.42 Å². The fourth-order valence-electron chi connectivity index (χ4n) is 1.70. The molecule has 0 amide bonds. The fraction of sp³-hybridized carbons (Fsp3) is 0.636. The van der Waals surface area contributed by atoms with Crippen molar-refractivity contribution in [1.29, 1.82) is 0 Å². The van der Waals surface area contributed by atoms with Gasteiger partial charge < -0.3 is 0 Å². The lowest BCUT2D eigenvalue weighted by Crippen LogP contribution is -2.36. The van der Waals surface area contributed by atoms with Crippen LogP contribution in [0.25, 0.3) is 0 Å². The largest absolute Gasteiger partial charge is 0.114 e. The zero-order valence-electron chi connectivity index (χ0n) is 8.10. The molecule has 0 nitrogen and oxygen atoms in total. The second kappa shape index (κ2) is 3.26. The highest BCUT2D eigenvalue weighted by atomic mass is 35.5. The van der Waals surface area contributed by atoms with Crippen molar-refractivity contribution in [3.05, 3.63) is 24.3 Å². The minimum Gasteiger partial charge on any atom is -0.114 e. The maximum absolute atomic E-state index is 6.42. The summed E-state index contributed by atoms with van der Waals surface area (Å²) in [5.41, 5.74) is 0.123. The first-order valence-corrected chi connectivity index (χ1v) is 4.95. The standard InChI is InChI=1S/C11H17Cl/c1-4-7-10(2)8-5-6-9-11(10,3)12/h5-6,8-9H,4,7H2,1-3H3. The van der Waals surface area contributed by atoms with Gasteiger partial charge in [-0.2, -0.15) is 0 Å². The molecule has 0 aromatic heterocycles. The summed E-state index contributed by atoms with van der Waals surface area (Å²) in [6.45, 7) is 6.51. The average molecular weight is 185 g/mol. The van der Waals surface area contributed by atoms with Crippen LogP contribution in [0, 0.1) is 5.41 Å². The molecule has 2 unspecified atom stereocenters. The molecule has 0 saturated heterocycles. The molecule has 0 heterocycles. The number of alkyl halides is 1. The summed E-state index contributed by atoms with van der Waals surface area (Å²) < 4.78 is 0. The SMILES string of the molecule is CCCC1(C)C=CC=CC1(C)Cl. The Bertz CT molecular complexity index is 213. The molecule has 2 atom stereocenters. The summed E-state index contributed by atoms with van der Waals surface area (Å²) in [5.74, 6) is 0. The van der Waals surface area contributed by atoms with E-state index in [1.54, 1.807) is 0 Å². The van der Waals surface area contributed by atoms with E-state index in [-0.39, 0.29) is 10.3 Å². The molecular weight excluding hydrogens is 168 g/mol. The van der Waals surface area contributed by atoms with Crippen LogP contribution in [0.4, 0.5) is 0 Å². The molecule has 68 valence electrons. The van der Waals surface area contributed by atoms with E-state index >= 15 is 0 Å². The summed E-state index contributed by atoms with van der Waals surface area (Å²) in [6.07, 6.45) is 10.8. The zero-order chi connectivity index (χ0) is 9.24. The minimum absolute atomic E-state index is 0.123. The molecular formula is C11H17Cl. The predicted octanol–water partition coefficient (Wildman–Crippen LogP) is 3.92. The summed E-state index contributed by atoms with van der Waals surface area (Å²) in [4.78, 5) is -0.211. The van der Waals surface area contributed by atoms with Crippen LogP contribution in [-0.2, 0) is 0 Å². The van der Waals surface area contributed by atoms with Gasteiger partial charge in [0, 0.05) is 5.41 Å². The van der Waals surface area contributed by atoms with Gasteiger partial charge in [0.1, 0.15) is 0 Å². The van der Waals surface area contributed by atoms with Gasteiger partial charge in [-0.15, -0.1) is 11.6 Å². The Morgan fingerprint density at radius 3 is 2.25 bits per heavy atom. The Hall–Kier alpha value is -0.230. The first-order chi connectivity index (χ1) is 5.52. The molecule has 1 aliphatic carbocycles. The molecule has 0 fully saturated rings. The maximum atomic E-state index is 6.42. The van der Waals surface area contributed by atoms with E-state index in [1.807, 2.05) is 6.08 Å². The molecule has 12 heavy (non-hydrogen) atoms. The van der Waals surface area contributed by atoms with Crippen LogP contribution in [0.15, 0.2) is 24.3 Å². The molecule has 0 aromatic rings. The number of allylic oxidation sites excluding steroid dienone is 4. The van der Waals surface area contributed by atoms with Crippen LogP contribution in [-0.4, -0.2) is 4.87 Å². The van der Waals surface area contributed by atoms with Crippen LogP contribution in [0.1, 0.15) is 33.6 Å². The van der Waals surface area contributed by atoms with Crippen LogP contribution < -0.4 is 0 Å². The smallest absolute Gasteiger partial charge is 0.0688 e. The number of hydrogen-bond donors (Lipinski definition) is 0. The molecule has 0 bridgehead atoms. The third kappa shape index (κ3) is 1.59. The van der Waals surface area contributed by atoms with Crippen molar-refractivity contribution >= 4 is 11.6 Å². The Kier molecular flexibility index (Phi) is 2.67. The Morgan fingerprint density at radius 1 is 1.17 bits per heavy atom. The normalized spacial score (nSPS) is 40.3. The van der Waals surface area contributed by atoms with E-state index < -0.39 is 0 Å². The van der Waals surface area contributed by atoms with Crippen LogP contribution in [0.5, 0.6) is 0 Å². The number of halogens is 1. The van der Waals surface area contributed by atoms with Crippen LogP contribution in [0.3, 0.4) is 0 Å². The molecule has 0 saturated carbocycles. The predicted molar refractivity (Wildman–Crippen MR) is 55.6 cm³/mol. The van der Waals surface area contributed by atoms with Gasteiger partial charge in [-0.3, -0.25) is 0 Å². The van der Waals surface area contributed by atoms with Crippen molar-refractivity contribution in [3.63, 3.8) is 0 Å². The molecule has 1 rings (SSSR count). The van der Waals surface area contributed by atoms with Gasteiger partial charge in [-0.25, -0.2) is 0 Å². The lowest BCUT2D eigenvalue weighted by molar-refractivity contribution is 0.320. The number of hydrogen-bond acceptors (Lipinski definition) is 0. The molecule has 0 N–H and O–H groups in total. The Balaban J connectivity index is 2.88. The topological polar surface area (TPSA) is 0 Å². The van der Waals surface area contributed by atoms with Gasteiger partial charge in [-0.05, 0) is 13.3 Å². The molecule has 0 radical (unpaired) electrons. The van der Waals surface area contributed by atoms with Gasteiger partial charge in [-0.1, -0.05) is 44.6 Å². The first-order valence-electron chi connectivity index (χ1n) is 4.58. The van der Waals surface area contributed by atoms with E-state index in [4.69, 9.17) is 11.6 Å². The van der Waals surface area contributed by atoms with Crippen molar-refractivity contribution in [2.45, 2.75) is 38.5 Å². The monoisotopic (exact) mass is 184 g/mol. The lowest BCUT2D eigenvalue weighted by atomic mass is 9.72. The molecule has 1 aliphatic rings. The Labute approximate surface area is 80.3 Å². The third-order valence-electron chi connectivity index (χ3n) is 2.87. The quantitative estimate of drug-likeness (QED) is 0.571. The van der Waals surface area contributed by atoms with Crippen molar-refractivity contribution in [2.24, 2.45) is 5.41 Å². The highest BCUT2D eigenvalue weighted by molar-refractivity contribution is 6.25. The summed E-state index contributed by atoms with van der Waals surface area (Å²) >= 11 is 6.42. The molecule has 0 spiro atoms. The van der Waals surface area contributed by atoms with Gasteiger partial charge in [0.25, 0.3) is 0 Å². The zero-order valence-corrected chi connectivity index (χ0v) is 8.86. The second-order valence-corrected chi connectivity index (χ2v) is 4.75. The van der Waals surface area contributed by atoms with Crippen LogP contribution >= 0.6 is 11.6 Å². The second-order valence-electron chi connectivity index (χ2n) is 3.96. The van der Waals surface area contributed by atoms with Gasteiger partial charge in [0.15, 0.2) is 0 Å². The van der Waals surface area contributed by atoms with Gasteiger partial charge in [0.05, 0.1) is 4.87 Å². The van der Waals surface area contributed by atoms with Crippen LogP contribution in [0.2, 0.25) is 0 Å². The van der Waals surface area contributed by atoms with Crippen molar-refractivity contribution in [1.82, 2.24) is 0 Å². The molecule has 0 aromatic carbocycles. The van der Waals surface area contributed by atoms with Gasteiger partial charge >= 0.3 is 0 Å². The highest BCUT2D eigenvalue weighted by Crippen LogP contribution is 2.44. The summed E-state index contributed by atoms with van der Waals surface area (Å²) in [6, 6.07) is 0. The minimum atomic E-state index is -0.211. The average Bonchev–Trinajstić information content (AvgIpc) is 1.96. The van der Waals surface area contributed by atoms with Crippen molar-refractivity contribution < 1.29 is 0 Å². The molecule has 1 heteroatoms. The third-order valence-corrected chi connectivity index (χ3v) is 3.43. The fourth-order valence-corrected chi connectivity index (χ4v) is 1.93. The van der Waals surface area contributed by atoms with Crippen molar-refractivity contribution in [2.75, 3.05) is 0 Å².